The average molecular weight is 103 g/mol. The minimum absolute atomic E-state index is 0.128. The summed E-state index contributed by atoms with van der Waals surface area (Å²) >= 11 is 0. The maximum atomic E-state index is 11.6. The highest BCUT2D eigenvalue weighted by molar-refractivity contribution is 4.81. The maximum Gasteiger partial charge on any atom is 0.209 e. The van der Waals surface area contributed by atoms with Gasteiger partial charge in [-0.3, -0.25) is 0 Å². The third-order valence-electron chi connectivity index (χ3n) is 0.453. The Morgan fingerprint density at radius 1 is 2.00 bits per heavy atom. The van der Waals surface area contributed by atoms with Crippen molar-refractivity contribution in [1.29, 1.82) is 5.26 Å². The first-order valence-corrected chi connectivity index (χ1v) is 1.84. The number of halogens is 1. The fraction of sp³-hybridized carbons (Fsp3) is 0.750. The molecule has 0 saturated heterocycles. The van der Waals surface area contributed by atoms with Crippen LogP contribution in [0.4, 0.5) is 4.39 Å². The van der Waals surface area contributed by atoms with Crippen molar-refractivity contribution in [3.8, 4) is 6.07 Å². The predicted molar refractivity (Wildman–Crippen MR) is 22.4 cm³/mol. The summed E-state index contributed by atoms with van der Waals surface area (Å²) in [6, 6.07) is 1.37. The van der Waals surface area contributed by atoms with E-state index < -0.39 is 6.17 Å². The first-order valence-electron chi connectivity index (χ1n) is 1.84. The highest BCUT2D eigenvalue weighted by Crippen LogP contribution is 1.85. The van der Waals surface area contributed by atoms with Gasteiger partial charge < -0.3 is 4.74 Å². The van der Waals surface area contributed by atoms with Crippen LogP contribution in [0.3, 0.4) is 0 Å². The standard InChI is InChI=1S/C4H6FNO/c1-7-3-4(5)2-6/h4H,3H2,1H3. The molecule has 0 aliphatic carbocycles. The SMILES string of the molecule is COCC(F)C#N. The lowest BCUT2D eigenvalue weighted by molar-refractivity contribution is 0.149. The molecule has 3 heteroatoms. The number of nitriles is 1. The van der Waals surface area contributed by atoms with Gasteiger partial charge in [0.2, 0.25) is 6.17 Å². The Labute approximate surface area is 41.5 Å². The zero-order valence-corrected chi connectivity index (χ0v) is 4.02. The third kappa shape index (κ3) is 3.20. The van der Waals surface area contributed by atoms with Crippen molar-refractivity contribution in [1.82, 2.24) is 0 Å². The Morgan fingerprint density at radius 2 is 2.57 bits per heavy atom. The van der Waals surface area contributed by atoms with E-state index in [0.29, 0.717) is 0 Å². The molecule has 0 N–H and O–H groups in total. The van der Waals surface area contributed by atoms with Gasteiger partial charge in [0.15, 0.2) is 0 Å². The van der Waals surface area contributed by atoms with Crippen LogP contribution >= 0.6 is 0 Å². The van der Waals surface area contributed by atoms with Crippen LogP contribution in [0.2, 0.25) is 0 Å². The zero-order chi connectivity index (χ0) is 5.70. The molecule has 0 spiro atoms. The molecule has 2 nitrogen and oxygen atoms in total. The van der Waals surface area contributed by atoms with Gasteiger partial charge in [-0.25, -0.2) is 4.39 Å². The van der Waals surface area contributed by atoms with E-state index in [1.54, 1.807) is 0 Å². The molecule has 0 aliphatic rings. The molecule has 0 bridgehead atoms. The maximum absolute atomic E-state index is 11.6. The Bertz CT molecular complexity index is 78.2. The van der Waals surface area contributed by atoms with Crippen LogP contribution in [0.25, 0.3) is 0 Å². The van der Waals surface area contributed by atoms with Gasteiger partial charge in [-0.1, -0.05) is 0 Å². The molecule has 0 amide bonds. The van der Waals surface area contributed by atoms with Crippen molar-refractivity contribution < 1.29 is 9.13 Å². The molecular weight excluding hydrogens is 97.0 g/mol. The molecule has 0 heterocycles. The molecule has 1 atom stereocenters. The zero-order valence-electron chi connectivity index (χ0n) is 4.02. The summed E-state index contributed by atoms with van der Waals surface area (Å²) < 4.78 is 15.9. The summed E-state index contributed by atoms with van der Waals surface area (Å²) in [5, 5.41) is 7.76. The topological polar surface area (TPSA) is 33.0 Å². The van der Waals surface area contributed by atoms with Crippen LogP contribution in [0.15, 0.2) is 0 Å². The average Bonchev–Trinajstić information content (AvgIpc) is 1.68. The van der Waals surface area contributed by atoms with Crippen LogP contribution < -0.4 is 0 Å². The van der Waals surface area contributed by atoms with Crippen molar-refractivity contribution in [3.63, 3.8) is 0 Å². The molecule has 40 valence electrons. The van der Waals surface area contributed by atoms with E-state index in [4.69, 9.17) is 5.26 Å². The number of hydrogen-bond donors (Lipinski definition) is 0. The summed E-state index contributed by atoms with van der Waals surface area (Å²) in [6.45, 7) is -0.128. The van der Waals surface area contributed by atoms with Gasteiger partial charge in [0.05, 0.1) is 6.61 Å². The number of hydrogen-bond acceptors (Lipinski definition) is 2. The summed E-state index contributed by atoms with van der Waals surface area (Å²) in [6.07, 6.45) is -1.47. The van der Waals surface area contributed by atoms with E-state index in [1.165, 1.54) is 13.2 Å². The Morgan fingerprint density at radius 3 is 2.71 bits per heavy atom. The minimum atomic E-state index is -1.47. The second-order valence-electron chi connectivity index (χ2n) is 1.05. The van der Waals surface area contributed by atoms with E-state index >= 15 is 0 Å². The van der Waals surface area contributed by atoms with E-state index in [-0.39, 0.29) is 6.61 Å². The number of rotatable bonds is 2. The van der Waals surface area contributed by atoms with Crippen molar-refractivity contribution in [3.05, 3.63) is 0 Å². The molecular formula is C4H6FNO. The smallest absolute Gasteiger partial charge is 0.209 e. The van der Waals surface area contributed by atoms with Gasteiger partial charge in [-0.05, 0) is 0 Å². The Balaban J connectivity index is 3.04. The second kappa shape index (κ2) is 3.57. The summed E-state index contributed by atoms with van der Waals surface area (Å²) in [7, 11) is 1.35. The van der Waals surface area contributed by atoms with Crippen molar-refractivity contribution in [2.75, 3.05) is 13.7 Å². The van der Waals surface area contributed by atoms with E-state index in [1.807, 2.05) is 0 Å². The molecule has 0 aromatic heterocycles. The largest absolute Gasteiger partial charge is 0.381 e. The van der Waals surface area contributed by atoms with Crippen LogP contribution in [-0.2, 0) is 4.74 Å². The van der Waals surface area contributed by atoms with E-state index in [0.717, 1.165) is 0 Å². The fourth-order valence-corrected chi connectivity index (χ4v) is 0.184. The highest BCUT2D eigenvalue weighted by Gasteiger charge is 1.98. The molecule has 1 unspecified atom stereocenters. The van der Waals surface area contributed by atoms with Gasteiger partial charge in [-0.2, -0.15) is 5.26 Å². The molecule has 0 aliphatic heterocycles. The lowest BCUT2D eigenvalue weighted by Crippen LogP contribution is -2.03. The summed E-state index contributed by atoms with van der Waals surface area (Å²) in [5.74, 6) is 0. The molecule has 0 saturated carbocycles. The first-order chi connectivity index (χ1) is 3.31. The predicted octanol–water partition coefficient (Wildman–Crippen LogP) is 0.494. The normalized spacial score (nSPS) is 12.7. The Hall–Kier alpha value is -0.620. The number of ether oxygens (including phenoxy) is 1. The molecule has 0 aromatic carbocycles. The number of alkyl halides is 1. The van der Waals surface area contributed by atoms with Crippen LogP contribution in [0.1, 0.15) is 0 Å². The molecule has 0 aromatic rings. The van der Waals surface area contributed by atoms with Crippen molar-refractivity contribution in [2.24, 2.45) is 0 Å². The van der Waals surface area contributed by atoms with Gasteiger partial charge >= 0.3 is 0 Å². The van der Waals surface area contributed by atoms with Crippen molar-refractivity contribution >= 4 is 0 Å². The summed E-state index contributed by atoms with van der Waals surface area (Å²) in [5.41, 5.74) is 0. The lowest BCUT2D eigenvalue weighted by atomic mass is 10.5. The summed E-state index contributed by atoms with van der Waals surface area (Å²) in [4.78, 5) is 0. The fourth-order valence-electron chi connectivity index (χ4n) is 0.184. The quantitative estimate of drug-likeness (QED) is 0.509. The van der Waals surface area contributed by atoms with Gasteiger partial charge in [0, 0.05) is 7.11 Å². The molecule has 0 radical (unpaired) electrons. The monoisotopic (exact) mass is 103 g/mol. The van der Waals surface area contributed by atoms with Crippen LogP contribution in [0, 0.1) is 11.3 Å². The van der Waals surface area contributed by atoms with Crippen LogP contribution in [-0.4, -0.2) is 19.9 Å². The van der Waals surface area contributed by atoms with E-state index in [2.05, 4.69) is 4.74 Å². The van der Waals surface area contributed by atoms with E-state index in [9.17, 15) is 4.39 Å². The second-order valence-corrected chi connectivity index (χ2v) is 1.05. The highest BCUT2D eigenvalue weighted by atomic mass is 19.1. The lowest BCUT2D eigenvalue weighted by Gasteiger charge is -1.91. The molecule has 7 heavy (non-hydrogen) atoms. The Kier molecular flexibility index (Phi) is 3.25. The van der Waals surface area contributed by atoms with Gasteiger partial charge in [-0.15, -0.1) is 0 Å². The third-order valence-corrected chi connectivity index (χ3v) is 0.453. The minimum Gasteiger partial charge on any atom is -0.381 e. The number of methoxy groups -OCH3 is 1. The first kappa shape index (κ1) is 6.38. The van der Waals surface area contributed by atoms with Crippen LogP contribution in [0.5, 0.6) is 0 Å². The molecule has 0 fully saturated rings. The molecule has 0 rings (SSSR count). The van der Waals surface area contributed by atoms with Crippen molar-refractivity contribution in [2.45, 2.75) is 6.17 Å². The van der Waals surface area contributed by atoms with Gasteiger partial charge in [0.25, 0.3) is 0 Å². The van der Waals surface area contributed by atoms with Gasteiger partial charge in [0.1, 0.15) is 6.07 Å². The number of nitrogens with zero attached hydrogens (tertiary/aromatic N) is 1.